The van der Waals surface area contributed by atoms with E-state index in [1.54, 1.807) is 0 Å². The summed E-state index contributed by atoms with van der Waals surface area (Å²) in [6.45, 7) is 16.4. The van der Waals surface area contributed by atoms with Gasteiger partial charge in [0.25, 0.3) is 0 Å². The van der Waals surface area contributed by atoms with Crippen LogP contribution in [-0.2, 0) is 16.2 Å². The fourth-order valence-electron chi connectivity index (χ4n) is 6.26. The van der Waals surface area contributed by atoms with E-state index in [2.05, 4.69) is 143 Å². The molecule has 194 valence electrons. The average molecular weight is 501 g/mol. The SMILES string of the molecule is CC(C)(C)c1ccc2c(c1)c1cc(Nc3ccc4c(c3)C(C)(C)CCC4(C)C)ccc1n2-c1ccccc1. The molecule has 1 aliphatic carbocycles. The van der Waals surface area contributed by atoms with Crippen LogP contribution in [0.15, 0.2) is 84.9 Å². The second kappa shape index (κ2) is 8.50. The van der Waals surface area contributed by atoms with Gasteiger partial charge in [0.05, 0.1) is 11.0 Å². The highest BCUT2D eigenvalue weighted by Gasteiger charge is 2.37. The van der Waals surface area contributed by atoms with Crippen molar-refractivity contribution in [2.45, 2.75) is 77.6 Å². The van der Waals surface area contributed by atoms with Gasteiger partial charge in [0.1, 0.15) is 0 Å². The van der Waals surface area contributed by atoms with Gasteiger partial charge in [0, 0.05) is 27.8 Å². The van der Waals surface area contributed by atoms with E-state index in [1.807, 2.05) is 0 Å². The van der Waals surface area contributed by atoms with Gasteiger partial charge in [-0.25, -0.2) is 0 Å². The van der Waals surface area contributed by atoms with Gasteiger partial charge in [0.2, 0.25) is 0 Å². The van der Waals surface area contributed by atoms with Gasteiger partial charge in [-0.2, -0.15) is 0 Å². The molecule has 0 bridgehead atoms. The van der Waals surface area contributed by atoms with Crippen molar-refractivity contribution in [1.82, 2.24) is 4.57 Å². The number of hydrogen-bond donors (Lipinski definition) is 1. The van der Waals surface area contributed by atoms with Crippen LogP contribution in [0.2, 0.25) is 0 Å². The lowest BCUT2D eigenvalue weighted by atomic mass is 9.63. The van der Waals surface area contributed by atoms with E-state index in [1.165, 1.54) is 57.0 Å². The van der Waals surface area contributed by atoms with E-state index in [-0.39, 0.29) is 16.2 Å². The number of anilines is 2. The van der Waals surface area contributed by atoms with E-state index in [0.29, 0.717) is 0 Å². The molecule has 0 spiro atoms. The molecule has 0 unspecified atom stereocenters. The lowest BCUT2D eigenvalue weighted by molar-refractivity contribution is 0.332. The Morgan fingerprint density at radius 3 is 1.89 bits per heavy atom. The van der Waals surface area contributed by atoms with Gasteiger partial charge in [0.15, 0.2) is 0 Å². The third-order valence-electron chi connectivity index (χ3n) is 8.79. The van der Waals surface area contributed by atoms with Crippen LogP contribution in [-0.4, -0.2) is 4.57 Å². The fraction of sp³-hybridized carbons (Fsp3) is 0.333. The Morgan fingerprint density at radius 2 is 1.21 bits per heavy atom. The molecule has 4 aromatic carbocycles. The molecular formula is C36H40N2. The van der Waals surface area contributed by atoms with Crippen molar-refractivity contribution in [3.63, 3.8) is 0 Å². The molecule has 1 aromatic heterocycles. The lowest BCUT2D eigenvalue weighted by Crippen LogP contribution is -2.33. The number of nitrogens with zero attached hydrogens (tertiary/aromatic N) is 1. The second-order valence-corrected chi connectivity index (χ2v) is 13.5. The first-order valence-corrected chi connectivity index (χ1v) is 14.0. The van der Waals surface area contributed by atoms with Crippen molar-refractivity contribution in [1.29, 1.82) is 0 Å². The highest BCUT2D eigenvalue weighted by Crippen LogP contribution is 2.47. The van der Waals surface area contributed by atoms with E-state index >= 15 is 0 Å². The van der Waals surface area contributed by atoms with Gasteiger partial charge in [-0.1, -0.05) is 78.8 Å². The van der Waals surface area contributed by atoms with Crippen molar-refractivity contribution in [2.75, 3.05) is 5.32 Å². The third kappa shape index (κ3) is 4.11. The van der Waals surface area contributed by atoms with E-state index in [0.717, 1.165) is 11.4 Å². The summed E-state index contributed by atoms with van der Waals surface area (Å²) in [6.07, 6.45) is 2.45. The third-order valence-corrected chi connectivity index (χ3v) is 8.79. The monoisotopic (exact) mass is 500 g/mol. The zero-order chi connectivity index (χ0) is 26.9. The first-order chi connectivity index (χ1) is 17.9. The van der Waals surface area contributed by atoms with Crippen molar-refractivity contribution in [3.05, 3.63) is 102 Å². The number of hydrogen-bond acceptors (Lipinski definition) is 1. The predicted octanol–water partition coefficient (Wildman–Crippen LogP) is 10.2. The number of aromatic nitrogens is 1. The van der Waals surface area contributed by atoms with Crippen LogP contribution in [0, 0.1) is 0 Å². The van der Waals surface area contributed by atoms with Crippen LogP contribution in [0.25, 0.3) is 27.5 Å². The molecule has 1 aliphatic rings. The summed E-state index contributed by atoms with van der Waals surface area (Å²) in [5.74, 6) is 0. The van der Waals surface area contributed by atoms with Crippen molar-refractivity contribution in [3.8, 4) is 5.69 Å². The normalized spacial score (nSPS) is 16.5. The number of benzene rings is 4. The maximum Gasteiger partial charge on any atom is 0.0542 e. The first-order valence-electron chi connectivity index (χ1n) is 14.0. The summed E-state index contributed by atoms with van der Waals surface area (Å²) < 4.78 is 2.39. The van der Waals surface area contributed by atoms with Crippen molar-refractivity contribution < 1.29 is 0 Å². The van der Waals surface area contributed by atoms with Crippen LogP contribution < -0.4 is 5.32 Å². The maximum atomic E-state index is 3.76. The van der Waals surface area contributed by atoms with Crippen LogP contribution in [0.5, 0.6) is 0 Å². The molecule has 0 atom stereocenters. The summed E-state index contributed by atoms with van der Waals surface area (Å²) in [7, 11) is 0. The topological polar surface area (TPSA) is 17.0 Å². The molecule has 5 aromatic rings. The molecular weight excluding hydrogens is 460 g/mol. The zero-order valence-corrected chi connectivity index (χ0v) is 23.9. The highest BCUT2D eigenvalue weighted by atomic mass is 15.0. The second-order valence-electron chi connectivity index (χ2n) is 13.5. The largest absolute Gasteiger partial charge is 0.355 e. The number of fused-ring (bicyclic) bond motifs is 4. The molecule has 1 heterocycles. The van der Waals surface area contributed by atoms with Crippen LogP contribution in [0.4, 0.5) is 11.4 Å². The van der Waals surface area contributed by atoms with Gasteiger partial charge < -0.3 is 9.88 Å². The van der Waals surface area contributed by atoms with Gasteiger partial charge in [-0.3, -0.25) is 0 Å². The molecule has 38 heavy (non-hydrogen) atoms. The summed E-state index contributed by atoms with van der Waals surface area (Å²) in [4.78, 5) is 0. The molecule has 0 aliphatic heterocycles. The highest BCUT2D eigenvalue weighted by molar-refractivity contribution is 6.10. The van der Waals surface area contributed by atoms with Gasteiger partial charge in [-0.05, 0) is 100 Å². The first kappa shape index (κ1) is 24.8. The molecule has 0 saturated carbocycles. The Labute approximate surface area is 227 Å². The van der Waals surface area contributed by atoms with Crippen molar-refractivity contribution >= 4 is 33.2 Å². The van der Waals surface area contributed by atoms with Gasteiger partial charge >= 0.3 is 0 Å². The number of para-hydroxylation sites is 1. The quantitative estimate of drug-likeness (QED) is 0.261. The number of rotatable bonds is 3. The fourth-order valence-corrected chi connectivity index (χ4v) is 6.26. The summed E-state index contributed by atoms with van der Waals surface area (Å²) in [5, 5.41) is 6.34. The molecule has 0 amide bonds. The van der Waals surface area contributed by atoms with E-state index in [4.69, 9.17) is 0 Å². The predicted molar refractivity (Wildman–Crippen MR) is 164 cm³/mol. The standard InChI is InChI=1S/C36H40N2/c1-34(2,3)24-13-17-32-28(21-24)29-22-25(15-18-33(29)38(32)27-11-9-8-10-12-27)37-26-14-16-30-31(23-26)36(6,7)20-19-35(30,4)5/h8-18,21-23,37H,19-20H2,1-7H3. The Balaban J connectivity index is 1.49. The Kier molecular flexibility index (Phi) is 5.54. The summed E-state index contributed by atoms with van der Waals surface area (Å²) >= 11 is 0. The smallest absolute Gasteiger partial charge is 0.0542 e. The molecule has 2 heteroatoms. The number of nitrogens with one attached hydrogen (secondary N) is 1. The van der Waals surface area contributed by atoms with Crippen LogP contribution >= 0.6 is 0 Å². The van der Waals surface area contributed by atoms with Crippen molar-refractivity contribution in [2.24, 2.45) is 0 Å². The molecule has 0 saturated heterocycles. The molecule has 0 radical (unpaired) electrons. The molecule has 6 rings (SSSR count). The van der Waals surface area contributed by atoms with Gasteiger partial charge in [-0.15, -0.1) is 0 Å². The summed E-state index contributed by atoms with van der Waals surface area (Å²) in [6, 6.07) is 31.5. The minimum Gasteiger partial charge on any atom is -0.355 e. The molecule has 1 N–H and O–H groups in total. The Bertz CT molecular complexity index is 1660. The molecule has 0 fully saturated rings. The van der Waals surface area contributed by atoms with E-state index < -0.39 is 0 Å². The minimum atomic E-state index is 0.0922. The Hall–Kier alpha value is -3.52. The average Bonchev–Trinajstić information content (AvgIpc) is 3.20. The lowest BCUT2D eigenvalue weighted by Gasteiger charge is -2.42. The summed E-state index contributed by atoms with van der Waals surface area (Å²) in [5.41, 5.74) is 10.8. The zero-order valence-electron chi connectivity index (χ0n) is 23.9. The Morgan fingerprint density at radius 1 is 0.632 bits per heavy atom. The van der Waals surface area contributed by atoms with E-state index in [9.17, 15) is 0 Å². The maximum absolute atomic E-state index is 3.76. The minimum absolute atomic E-state index is 0.0922. The molecule has 2 nitrogen and oxygen atoms in total. The van der Waals surface area contributed by atoms with Crippen LogP contribution in [0.3, 0.4) is 0 Å². The van der Waals surface area contributed by atoms with Crippen LogP contribution in [0.1, 0.15) is 78.0 Å².